The van der Waals surface area contributed by atoms with E-state index in [0.717, 1.165) is 95.6 Å². The number of aliphatic hydroxyl groups is 1. The summed E-state index contributed by atoms with van der Waals surface area (Å²) in [4.78, 5) is 5.00. The minimum absolute atomic E-state index is 0.0406. The fraction of sp³-hybridized carbons (Fsp3) is 0.548. The molecule has 4 aliphatic rings. The van der Waals surface area contributed by atoms with Gasteiger partial charge in [-0.05, 0) is 61.7 Å². The van der Waals surface area contributed by atoms with Crippen molar-refractivity contribution in [1.82, 2.24) is 9.80 Å². The third kappa shape index (κ3) is 5.17. The van der Waals surface area contributed by atoms with Crippen LogP contribution in [0.15, 0.2) is 48.6 Å². The van der Waals surface area contributed by atoms with Crippen molar-refractivity contribution < 1.29 is 24.1 Å². The first-order valence-corrected chi connectivity index (χ1v) is 14.1. The summed E-state index contributed by atoms with van der Waals surface area (Å²) in [5.74, 6) is 2.61. The van der Waals surface area contributed by atoms with Crippen molar-refractivity contribution in [2.24, 2.45) is 0 Å². The van der Waals surface area contributed by atoms with Gasteiger partial charge >= 0.3 is 0 Å². The van der Waals surface area contributed by atoms with E-state index in [-0.39, 0.29) is 11.5 Å². The number of rotatable bonds is 9. The first-order chi connectivity index (χ1) is 18.6. The molecule has 3 heterocycles. The van der Waals surface area contributed by atoms with Gasteiger partial charge in [-0.15, -0.1) is 0 Å². The molecular formula is C31H40N2O5. The maximum Gasteiger partial charge on any atom is 0.166 e. The van der Waals surface area contributed by atoms with E-state index in [0.29, 0.717) is 6.42 Å². The van der Waals surface area contributed by atoms with Gasteiger partial charge in [0.15, 0.2) is 11.5 Å². The number of hydrogen-bond donors (Lipinski definition) is 1. The first-order valence-electron chi connectivity index (χ1n) is 14.1. The summed E-state index contributed by atoms with van der Waals surface area (Å²) < 4.78 is 23.6. The number of aliphatic hydroxyl groups excluding tert-OH is 1. The maximum absolute atomic E-state index is 10.3. The van der Waals surface area contributed by atoms with Gasteiger partial charge in [0.25, 0.3) is 0 Å². The zero-order valence-electron chi connectivity index (χ0n) is 22.4. The summed E-state index contributed by atoms with van der Waals surface area (Å²) in [5, 5.41) is 10.3. The molecule has 0 amide bonds. The third-order valence-electron chi connectivity index (χ3n) is 8.61. The Morgan fingerprint density at radius 2 is 1.87 bits per heavy atom. The second kappa shape index (κ2) is 11.3. The molecule has 2 aromatic carbocycles. The summed E-state index contributed by atoms with van der Waals surface area (Å²) in [6.45, 7) is 8.33. The molecule has 1 saturated heterocycles. The van der Waals surface area contributed by atoms with Crippen LogP contribution >= 0.6 is 0 Å². The van der Waals surface area contributed by atoms with Crippen LogP contribution < -0.4 is 14.2 Å². The molecule has 0 unspecified atom stereocenters. The molecule has 1 spiro atoms. The summed E-state index contributed by atoms with van der Waals surface area (Å²) in [7, 11) is 1.70. The van der Waals surface area contributed by atoms with E-state index in [1.54, 1.807) is 7.11 Å². The average molecular weight is 521 g/mol. The van der Waals surface area contributed by atoms with Crippen LogP contribution in [-0.4, -0.2) is 80.2 Å². The Bertz CT molecular complexity index is 1130. The molecule has 6 rings (SSSR count). The normalized spacial score (nSPS) is 26.8. The minimum atomic E-state index is -0.449. The molecule has 1 aliphatic carbocycles. The highest BCUT2D eigenvalue weighted by atomic mass is 16.5. The average Bonchev–Trinajstić information content (AvgIpc) is 3.18. The summed E-state index contributed by atoms with van der Waals surface area (Å²) in [6, 6.07) is 12.8. The number of methoxy groups -OCH3 is 1. The highest BCUT2D eigenvalue weighted by Gasteiger charge is 2.52. The van der Waals surface area contributed by atoms with Crippen LogP contribution in [0.4, 0.5) is 0 Å². The Hall–Kier alpha value is -2.58. The van der Waals surface area contributed by atoms with Crippen LogP contribution in [0.3, 0.4) is 0 Å². The SMILES string of the molecule is COc1ccc2c3c1O[C@H]1C[C@@H](O)C=C[C@@]31CCN(CCCCOc1ccc(CN3CCOCC3)cc1)C2. The molecule has 0 saturated carbocycles. The van der Waals surface area contributed by atoms with E-state index in [2.05, 4.69) is 46.2 Å². The van der Waals surface area contributed by atoms with Gasteiger partial charge in [-0.2, -0.15) is 0 Å². The van der Waals surface area contributed by atoms with Gasteiger partial charge in [0.05, 0.1) is 38.4 Å². The predicted molar refractivity (Wildman–Crippen MR) is 146 cm³/mol. The molecule has 2 aromatic rings. The molecule has 38 heavy (non-hydrogen) atoms. The van der Waals surface area contributed by atoms with E-state index in [1.807, 2.05) is 12.1 Å². The van der Waals surface area contributed by atoms with Gasteiger partial charge in [-0.1, -0.05) is 30.4 Å². The molecule has 0 bridgehead atoms. The molecule has 204 valence electrons. The van der Waals surface area contributed by atoms with Gasteiger partial charge in [-0.3, -0.25) is 9.80 Å². The van der Waals surface area contributed by atoms with E-state index in [4.69, 9.17) is 18.9 Å². The van der Waals surface area contributed by atoms with Crippen molar-refractivity contribution in [3.8, 4) is 17.2 Å². The van der Waals surface area contributed by atoms with Crippen LogP contribution in [0.2, 0.25) is 0 Å². The van der Waals surface area contributed by atoms with Crippen molar-refractivity contribution >= 4 is 0 Å². The van der Waals surface area contributed by atoms with Gasteiger partial charge in [0, 0.05) is 38.2 Å². The Labute approximate surface area is 225 Å². The van der Waals surface area contributed by atoms with Crippen LogP contribution in [0.1, 0.15) is 42.4 Å². The monoisotopic (exact) mass is 520 g/mol. The van der Waals surface area contributed by atoms with Crippen LogP contribution in [-0.2, 0) is 23.2 Å². The highest BCUT2D eigenvalue weighted by Crippen LogP contribution is 2.55. The van der Waals surface area contributed by atoms with Gasteiger partial charge in [-0.25, -0.2) is 0 Å². The predicted octanol–water partition coefficient (Wildman–Crippen LogP) is 3.91. The molecule has 3 atom stereocenters. The topological polar surface area (TPSA) is 63.6 Å². The van der Waals surface area contributed by atoms with Crippen molar-refractivity contribution in [3.63, 3.8) is 0 Å². The lowest BCUT2D eigenvalue weighted by molar-refractivity contribution is 0.0342. The number of hydrogen-bond acceptors (Lipinski definition) is 7. The summed E-state index contributed by atoms with van der Waals surface area (Å²) in [5.41, 5.74) is 3.73. The Morgan fingerprint density at radius 1 is 1.03 bits per heavy atom. The number of nitrogens with zero attached hydrogens (tertiary/aromatic N) is 2. The van der Waals surface area contributed by atoms with Crippen molar-refractivity contribution in [3.05, 3.63) is 65.2 Å². The smallest absolute Gasteiger partial charge is 0.166 e. The van der Waals surface area contributed by atoms with Gasteiger partial charge in [0.2, 0.25) is 0 Å². The quantitative estimate of drug-likeness (QED) is 0.397. The van der Waals surface area contributed by atoms with Crippen molar-refractivity contribution in [2.45, 2.75) is 56.4 Å². The summed E-state index contributed by atoms with van der Waals surface area (Å²) >= 11 is 0. The lowest BCUT2D eigenvalue weighted by Gasteiger charge is -2.35. The van der Waals surface area contributed by atoms with E-state index < -0.39 is 6.10 Å². The largest absolute Gasteiger partial charge is 0.494 e. The number of morpholine rings is 1. The second-order valence-corrected chi connectivity index (χ2v) is 11.1. The molecule has 7 heteroatoms. The Balaban J connectivity index is 1.02. The molecular weight excluding hydrogens is 480 g/mol. The standard InChI is InChI=1S/C31H40N2O5/c1-35-27-9-6-24-22-32(14-12-31-11-10-25(34)20-28(31)38-30(27)29(24)31)13-2-3-17-37-26-7-4-23(5-8-26)21-33-15-18-36-19-16-33/h4-11,25,28,34H,2-3,12-22H2,1H3/t25-,28-,31-/m0/s1. The lowest BCUT2D eigenvalue weighted by atomic mass is 9.69. The van der Waals surface area contributed by atoms with E-state index in [9.17, 15) is 5.11 Å². The molecule has 7 nitrogen and oxygen atoms in total. The van der Waals surface area contributed by atoms with Crippen LogP contribution in [0.5, 0.6) is 17.2 Å². The zero-order chi connectivity index (χ0) is 26.0. The third-order valence-corrected chi connectivity index (χ3v) is 8.61. The molecule has 1 fully saturated rings. The number of ether oxygens (including phenoxy) is 4. The minimum Gasteiger partial charge on any atom is -0.494 e. The highest BCUT2D eigenvalue weighted by molar-refractivity contribution is 5.61. The first kappa shape index (κ1) is 25.7. The fourth-order valence-electron chi connectivity index (χ4n) is 6.52. The second-order valence-electron chi connectivity index (χ2n) is 11.1. The van der Waals surface area contributed by atoms with Crippen molar-refractivity contribution in [2.75, 3.05) is 53.1 Å². The van der Waals surface area contributed by atoms with E-state index in [1.165, 1.54) is 16.7 Å². The Morgan fingerprint density at radius 3 is 2.68 bits per heavy atom. The number of benzene rings is 2. The van der Waals surface area contributed by atoms with Crippen molar-refractivity contribution in [1.29, 1.82) is 0 Å². The summed E-state index contributed by atoms with van der Waals surface area (Å²) in [6.07, 6.45) is 7.41. The molecule has 0 radical (unpaired) electrons. The maximum atomic E-state index is 10.3. The Kier molecular flexibility index (Phi) is 7.61. The number of unbranched alkanes of at least 4 members (excludes halogenated alkanes) is 1. The van der Waals surface area contributed by atoms with Crippen LogP contribution in [0.25, 0.3) is 0 Å². The van der Waals surface area contributed by atoms with E-state index >= 15 is 0 Å². The molecule has 3 aliphatic heterocycles. The fourth-order valence-corrected chi connectivity index (χ4v) is 6.52. The van der Waals surface area contributed by atoms with Gasteiger partial charge in [0.1, 0.15) is 11.9 Å². The van der Waals surface area contributed by atoms with Crippen LogP contribution in [0, 0.1) is 0 Å². The lowest BCUT2D eigenvalue weighted by Crippen LogP contribution is -2.43. The molecule has 0 aromatic heterocycles. The molecule has 1 N–H and O–H groups in total. The van der Waals surface area contributed by atoms with Gasteiger partial charge < -0.3 is 24.1 Å². The zero-order valence-corrected chi connectivity index (χ0v) is 22.4.